The van der Waals surface area contributed by atoms with Gasteiger partial charge >= 0.3 is 5.97 Å². The molecule has 0 aromatic heterocycles. The molecule has 2 bridgehead atoms. The number of nitrogens with one attached hydrogen (secondary N) is 1. The number of aliphatic carboxylic acids is 1. The van der Waals surface area contributed by atoms with E-state index >= 15 is 0 Å². The second kappa shape index (κ2) is 3.60. The van der Waals surface area contributed by atoms with Gasteiger partial charge in [0, 0.05) is 4.91 Å². The van der Waals surface area contributed by atoms with Crippen LogP contribution in [0.25, 0.3) is 10.4 Å². The summed E-state index contributed by atoms with van der Waals surface area (Å²) in [6, 6.07) is 0. The van der Waals surface area contributed by atoms with E-state index in [9.17, 15) is 9.90 Å². The van der Waals surface area contributed by atoms with Crippen molar-refractivity contribution < 1.29 is 14.6 Å². The number of carbonyl (C=O) groups is 1. The zero-order valence-electron chi connectivity index (χ0n) is 10.1. The predicted octanol–water partition coefficient (Wildman–Crippen LogP) is 1.05. The Morgan fingerprint density at radius 2 is 2.11 bits per heavy atom. The summed E-state index contributed by atoms with van der Waals surface area (Å²) < 4.78 is 6.13. The van der Waals surface area contributed by atoms with Crippen molar-refractivity contribution in [2.45, 2.75) is 36.9 Å². The van der Waals surface area contributed by atoms with Gasteiger partial charge in [-0.3, -0.25) is 4.79 Å². The number of carboxylic acid groups (broad SMARTS) is 1. The first-order valence-electron chi connectivity index (χ1n) is 6.23. The highest BCUT2D eigenvalue weighted by Gasteiger charge is 2.77. The number of rotatable bonds is 3. The predicted molar refractivity (Wildman–Crippen MR) is 62.0 cm³/mol. The molecule has 4 fully saturated rings. The van der Waals surface area contributed by atoms with Crippen LogP contribution in [0, 0.1) is 5.41 Å². The van der Waals surface area contributed by atoms with E-state index < -0.39 is 22.6 Å². The van der Waals surface area contributed by atoms with Gasteiger partial charge in [0.25, 0.3) is 0 Å². The van der Waals surface area contributed by atoms with E-state index in [2.05, 4.69) is 15.3 Å². The van der Waals surface area contributed by atoms with Crippen LogP contribution in [0.4, 0.5) is 0 Å². The first-order chi connectivity index (χ1) is 8.58. The zero-order valence-corrected chi connectivity index (χ0v) is 10.1. The van der Waals surface area contributed by atoms with Gasteiger partial charge in [0.2, 0.25) is 0 Å². The number of piperidine rings is 1. The SMILES string of the molecule is [N-]=[N+]=NCC12CC(C(=O)O)(C1)C1(CCNCC1)O2. The fourth-order valence-corrected chi connectivity index (χ4v) is 4.02. The molecule has 1 spiro atoms. The van der Waals surface area contributed by atoms with Crippen molar-refractivity contribution >= 4 is 5.97 Å². The van der Waals surface area contributed by atoms with Crippen molar-refractivity contribution in [2.24, 2.45) is 10.5 Å². The Morgan fingerprint density at radius 3 is 2.67 bits per heavy atom. The Labute approximate surface area is 104 Å². The minimum Gasteiger partial charge on any atom is -0.481 e. The van der Waals surface area contributed by atoms with Gasteiger partial charge in [-0.2, -0.15) is 0 Å². The van der Waals surface area contributed by atoms with Gasteiger partial charge < -0.3 is 15.2 Å². The molecule has 3 heterocycles. The van der Waals surface area contributed by atoms with E-state index in [1.807, 2.05) is 0 Å². The lowest BCUT2D eigenvalue weighted by molar-refractivity contribution is -0.159. The molecule has 7 nitrogen and oxygen atoms in total. The Kier molecular flexibility index (Phi) is 2.35. The van der Waals surface area contributed by atoms with Crippen molar-refractivity contribution in [1.82, 2.24) is 5.32 Å². The Bertz CT molecular complexity index is 432. The van der Waals surface area contributed by atoms with Gasteiger partial charge in [0.05, 0.1) is 17.7 Å². The standard InChI is InChI=1S/C11H16N4O3/c12-15-14-7-9-5-10(6-9,8(16)17)11(18-9)1-3-13-4-2-11/h13H,1-7H2,(H,16,17). The lowest BCUT2D eigenvalue weighted by atomic mass is 9.54. The highest BCUT2D eigenvalue weighted by molar-refractivity contribution is 5.79. The topological polar surface area (TPSA) is 107 Å². The van der Waals surface area contributed by atoms with E-state index in [4.69, 9.17) is 10.3 Å². The monoisotopic (exact) mass is 252 g/mol. The Balaban J connectivity index is 1.91. The molecule has 98 valence electrons. The van der Waals surface area contributed by atoms with Gasteiger partial charge in [-0.25, -0.2) is 0 Å². The molecule has 0 atom stereocenters. The molecule has 4 aliphatic rings. The van der Waals surface area contributed by atoms with Gasteiger partial charge in [-0.1, -0.05) is 5.11 Å². The summed E-state index contributed by atoms with van der Waals surface area (Å²) in [4.78, 5) is 14.4. The van der Waals surface area contributed by atoms with Crippen molar-refractivity contribution in [2.75, 3.05) is 19.6 Å². The van der Waals surface area contributed by atoms with Gasteiger partial charge in [0.1, 0.15) is 5.41 Å². The van der Waals surface area contributed by atoms with Gasteiger partial charge in [-0.05, 0) is 44.3 Å². The highest BCUT2D eigenvalue weighted by atomic mass is 16.5. The van der Waals surface area contributed by atoms with Crippen LogP contribution in [-0.4, -0.2) is 41.9 Å². The molecule has 0 aromatic rings. The summed E-state index contributed by atoms with van der Waals surface area (Å²) in [5.41, 5.74) is 6.56. The molecule has 3 aliphatic heterocycles. The Morgan fingerprint density at radius 1 is 1.44 bits per heavy atom. The number of carboxylic acids is 1. The summed E-state index contributed by atoms with van der Waals surface area (Å²) in [5, 5.41) is 16.4. The third kappa shape index (κ3) is 1.27. The summed E-state index contributed by atoms with van der Waals surface area (Å²) in [7, 11) is 0. The van der Waals surface area contributed by atoms with Gasteiger partial charge in [0.15, 0.2) is 0 Å². The van der Waals surface area contributed by atoms with Crippen LogP contribution in [0.2, 0.25) is 0 Å². The fourth-order valence-electron chi connectivity index (χ4n) is 4.02. The molecule has 0 unspecified atom stereocenters. The maximum atomic E-state index is 11.6. The zero-order chi connectivity index (χ0) is 12.9. The lowest BCUT2D eigenvalue weighted by Crippen LogP contribution is -2.57. The van der Waals surface area contributed by atoms with E-state index in [0.717, 1.165) is 25.9 Å². The molecule has 0 amide bonds. The van der Waals surface area contributed by atoms with Crippen LogP contribution < -0.4 is 5.32 Å². The molecule has 1 saturated carbocycles. The Hall–Kier alpha value is -1.30. The minimum atomic E-state index is -0.765. The molecule has 2 N–H and O–H groups in total. The quantitative estimate of drug-likeness (QED) is 0.444. The maximum absolute atomic E-state index is 11.6. The average Bonchev–Trinajstić information content (AvgIpc) is 2.72. The maximum Gasteiger partial charge on any atom is 0.312 e. The van der Waals surface area contributed by atoms with Crippen LogP contribution >= 0.6 is 0 Å². The van der Waals surface area contributed by atoms with Crippen molar-refractivity contribution in [3.63, 3.8) is 0 Å². The molecule has 0 radical (unpaired) electrons. The minimum absolute atomic E-state index is 0.244. The molecule has 4 rings (SSSR count). The fraction of sp³-hybridized carbons (Fsp3) is 0.909. The highest BCUT2D eigenvalue weighted by Crippen LogP contribution is 2.69. The number of hydrogen-bond donors (Lipinski definition) is 2. The average molecular weight is 252 g/mol. The van der Waals surface area contributed by atoms with Crippen LogP contribution in [0.15, 0.2) is 5.11 Å². The second-order valence-corrected chi connectivity index (χ2v) is 5.66. The van der Waals surface area contributed by atoms with E-state index in [1.54, 1.807) is 0 Å². The van der Waals surface area contributed by atoms with Crippen molar-refractivity contribution in [3.8, 4) is 0 Å². The number of azide groups is 1. The number of ether oxygens (including phenoxy) is 1. The molecule has 1 aliphatic carbocycles. The normalized spacial score (nSPS) is 40.0. The molecule has 0 aromatic carbocycles. The van der Waals surface area contributed by atoms with Crippen LogP contribution in [0.1, 0.15) is 25.7 Å². The lowest BCUT2D eigenvalue weighted by Gasteiger charge is -2.45. The summed E-state index contributed by atoms with van der Waals surface area (Å²) >= 11 is 0. The molecular weight excluding hydrogens is 236 g/mol. The molecular formula is C11H16N4O3. The van der Waals surface area contributed by atoms with Gasteiger partial charge in [-0.15, -0.1) is 0 Å². The summed E-state index contributed by atoms with van der Waals surface area (Å²) in [6.45, 7) is 1.81. The van der Waals surface area contributed by atoms with Crippen molar-refractivity contribution in [1.29, 1.82) is 0 Å². The van der Waals surface area contributed by atoms with Crippen LogP contribution in [0.5, 0.6) is 0 Å². The number of hydrogen-bond acceptors (Lipinski definition) is 4. The summed E-state index contributed by atoms with van der Waals surface area (Å²) in [6.07, 6.45) is 2.40. The summed E-state index contributed by atoms with van der Waals surface area (Å²) in [5.74, 6) is -0.765. The second-order valence-electron chi connectivity index (χ2n) is 5.66. The van der Waals surface area contributed by atoms with Crippen LogP contribution in [-0.2, 0) is 9.53 Å². The third-order valence-corrected chi connectivity index (χ3v) is 4.77. The number of nitrogens with zero attached hydrogens (tertiary/aromatic N) is 3. The van der Waals surface area contributed by atoms with E-state index in [-0.39, 0.29) is 6.54 Å². The first-order valence-corrected chi connectivity index (χ1v) is 6.23. The van der Waals surface area contributed by atoms with Crippen LogP contribution in [0.3, 0.4) is 0 Å². The van der Waals surface area contributed by atoms with E-state index in [1.165, 1.54) is 0 Å². The first kappa shape index (κ1) is 11.8. The smallest absolute Gasteiger partial charge is 0.312 e. The third-order valence-electron chi connectivity index (χ3n) is 4.77. The molecule has 18 heavy (non-hydrogen) atoms. The molecule has 7 heteroatoms. The molecule has 3 saturated heterocycles. The van der Waals surface area contributed by atoms with Crippen molar-refractivity contribution in [3.05, 3.63) is 10.4 Å². The van der Waals surface area contributed by atoms with E-state index in [0.29, 0.717) is 12.8 Å². The largest absolute Gasteiger partial charge is 0.481 e.